The molecule has 2 fully saturated rings. The van der Waals surface area contributed by atoms with Crippen molar-refractivity contribution in [3.05, 3.63) is 0 Å². The van der Waals surface area contributed by atoms with E-state index < -0.39 is 0 Å². The molecule has 0 aliphatic heterocycles. The zero-order chi connectivity index (χ0) is 12.8. The van der Waals surface area contributed by atoms with Crippen LogP contribution in [0.1, 0.15) is 71.1 Å². The minimum atomic E-state index is 0.795. The Morgan fingerprint density at radius 1 is 0.944 bits per heavy atom. The Hall–Kier alpha value is -0.0800. The zero-order valence-corrected chi connectivity index (χ0v) is 12.5. The Bertz CT molecular complexity index is 221. The van der Waals surface area contributed by atoms with Crippen LogP contribution in [0.4, 0.5) is 0 Å². The Balaban J connectivity index is 1.76. The molecule has 106 valence electrons. The van der Waals surface area contributed by atoms with Gasteiger partial charge in [-0.15, -0.1) is 0 Å². The van der Waals surface area contributed by atoms with Crippen LogP contribution >= 0.6 is 0 Å². The van der Waals surface area contributed by atoms with Crippen LogP contribution < -0.4 is 5.32 Å². The molecule has 0 saturated heterocycles. The first kappa shape index (κ1) is 14.3. The van der Waals surface area contributed by atoms with Gasteiger partial charge in [0.05, 0.1) is 0 Å². The van der Waals surface area contributed by atoms with Gasteiger partial charge in [0, 0.05) is 18.1 Å². The van der Waals surface area contributed by atoms with Crippen LogP contribution in [0, 0.1) is 0 Å². The standard InChI is InChI=1S/C16H32N2/c1-3-12-17-14-10-11-16(13-14)18(2)15-8-6-4-5-7-9-15/h14-17H,3-13H2,1-2H3. The van der Waals surface area contributed by atoms with Gasteiger partial charge >= 0.3 is 0 Å². The summed E-state index contributed by atoms with van der Waals surface area (Å²) >= 11 is 0. The van der Waals surface area contributed by atoms with Crippen molar-refractivity contribution < 1.29 is 0 Å². The highest BCUT2D eigenvalue weighted by atomic mass is 15.2. The summed E-state index contributed by atoms with van der Waals surface area (Å²) < 4.78 is 0. The maximum absolute atomic E-state index is 3.70. The van der Waals surface area contributed by atoms with E-state index in [-0.39, 0.29) is 0 Å². The summed E-state index contributed by atoms with van der Waals surface area (Å²) in [7, 11) is 2.39. The van der Waals surface area contributed by atoms with Crippen molar-refractivity contribution in [3.8, 4) is 0 Å². The van der Waals surface area contributed by atoms with Gasteiger partial charge in [-0.05, 0) is 52.1 Å². The van der Waals surface area contributed by atoms with Gasteiger partial charge in [0.25, 0.3) is 0 Å². The van der Waals surface area contributed by atoms with Gasteiger partial charge in [-0.3, -0.25) is 0 Å². The summed E-state index contributed by atoms with van der Waals surface area (Å²) in [5.41, 5.74) is 0. The molecule has 2 nitrogen and oxygen atoms in total. The SMILES string of the molecule is CCCNC1CCC(N(C)C2CCCCCC2)C1. The van der Waals surface area contributed by atoms with E-state index in [1.165, 1.54) is 70.8 Å². The molecule has 2 unspecified atom stereocenters. The molecule has 0 bridgehead atoms. The lowest BCUT2D eigenvalue weighted by molar-refractivity contribution is 0.157. The van der Waals surface area contributed by atoms with E-state index in [2.05, 4.69) is 24.2 Å². The number of hydrogen-bond donors (Lipinski definition) is 1. The minimum Gasteiger partial charge on any atom is -0.314 e. The molecule has 2 atom stereocenters. The largest absolute Gasteiger partial charge is 0.314 e. The van der Waals surface area contributed by atoms with E-state index in [9.17, 15) is 0 Å². The summed E-state index contributed by atoms with van der Waals surface area (Å²) in [4.78, 5) is 2.74. The number of nitrogens with one attached hydrogen (secondary N) is 1. The van der Waals surface area contributed by atoms with Crippen molar-refractivity contribution in [1.82, 2.24) is 10.2 Å². The fourth-order valence-electron chi connectivity index (χ4n) is 3.82. The molecular weight excluding hydrogens is 220 g/mol. The van der Waals surface area contributed by atoms with Gasteiger partial charge in [-0.1, -0.05) is 32.6 Å². The first-order valence-corrected chi connectivity index (χ1v) is 8.26. The van der Waals surface area contributed by atoms with Gasteiger partial charge in [0.2, 0.25) is 0 Å². The van der Waals surface area contributed by atoms with Crippen LogP contribution in [-0.4, -0.2) is 36.6 Å². The van der Waals surface area contributed by atoms with Crippen LogP contribution in [0.25, 0.3) is 0 Å². The molecule has 2 aliphatic carbocycles. The molecule has 18 heavy (non-hydrogen) atoms. The van der Waals surface area contributed by atoms with E-state index in [0.717, 1.165) is 18.1 Å². The summed E-state index contributed by atoms with van der Waals surface area (Å²) in [5.74, 6) is 0. The zero-order valence-electron chi connectivity index (χ0n) is 12.5. The summed E-state index contributed by atoms with van der Waals surface area (Å²) in [5, 5.41) is 3.70. The quantitative estimate of drug-likeness (QED) is 0.753. The molecule has 0 radical (unpaired) electrons. The monoisotopic (exact) mass is 252 g/mol. The van der Waals surface area contributed by atoms with Crippen LogP contribution in [0.3, 0.4) is 0 Å². The Labute approximate surface area is 114 Å². The lowest BCUT2D eigenvalue weighted by atomic mass is 10.0. The molecular formula is C16H32N2. The second-order valence-electron chi connectivity index (χ2n) is 6.43. The lowest BCUT2D eigenvalue weighted by Gasteiger charge is -2.32. The van der Waals surface area contributed by atoms with Gasteiger partial charge in [-0.25, -0.2) is 0 Å². The Kier molecular flexibility index (Phi) is 5.97. The molecule has 2 aliphatic rings. The van der Waals surface area contributed by atoms with Crippen LogP contribution in [0.15, 0.2) is 0 Å². The molecule has 0 heterocycles. The average Bonchev–Trinajstić information content (AvgIpc) is 2.69. The Morgan fingerprint density at radius 3 is 2.33 bits per heavy atom. The highest BCUT2D eigenvalue weighted by molar-refractivity contribution is 4.88. The van der Waals surface area contributed by atoms with E-state index >= 15 is 0 Å². The Morgan fingerprint density at radius 2 is 1.67 bits per heavy atom. The van der Waals surface area contributed by atoms with Crippen molar-refractivity contribution in [1.29, 1.82) is 0 Å². The summed E-state index contributed by atoms with van der Waals surface area (Å²) in [6.07, 6.45) is 14.2. The van der Waals surface area contributed by atoms with Crippen molar-refractivity contribution in [2.24, 2.45) is 0 Å². The van der Waals surface area contributed by atoms with Gasteiger partial charge in [-0.2, -0.15) is 0 Å². The van der Waals surface area contributed by atoms with Crippen molar-refractivity contribution >= 4 is 0 Å². The maximum Gasteiger partial charge on any atom is 0.0110 e. The molecule has 2 heteroatoms. The molecule has 0 aromatic heterocycles. The number of rotatable bonds is 5. The van der Waals surface area contributed by atoms with E-state index in [1.54, 1.807) is 0 Å². The van der Waals surface area contributed by atoms with Crippen LogP contribution in [0.2, 0.25) is 0 Å². The fraction of sp³-hybridized carbons (Fsp3) is 1.00. The topological polar surface area (TPSA) is 15.3 Å². The maximum atomic E-state index is 3.70. The average molecular weight is 252 g/mol. The molecule has 1 N–H and O–H groups in total. The normalized spacial score (nSPS) is 30.8. The first-order chi connectivity index (χ1) is 8.81. The highest BCUT2D eigenvalue weighted by Crippen LogP contribution is 2.29. The van der Waals surface area contributed by atoms with Crippen molar-refractivity contribution in [3.63, 3.8) is 0 Å². The van der Waals surface area contributed by atoms with Crippen molar-refractivity contribution in [2.75, 3.05) is 13.6 Å². The minimum absolute atomic E-state index is 0.795. The second-order valence-corrected chi connectivity index (χ2v) is 6.43. The number of nitrogens with zero attached hydrogens (tertiary/aromatic N) is 1. The van der Waals surface area contributed by atoms with Gasteiger partial charge < -0.3 is 10.2 Å². The van der Waals surface area contributed by atoms with E-state index in [1.807, 2.05) is 0 Å². The van der Waals surface area contributed by atoms with Gasteiger partial charge in [0.1, 0.15) is 0 Å². The molecule has 2 saturated carbocycles. The van der Waals surface area contributed by atoms with E-state index in [4.69, 9.17) is 0 Å². The molecule has 0 aromatic rings. The third-order valence-electron chi connectivity index (χ3n) is 5.06. The number of hydrogen-bond acceptors (Lipinski definition) is 2. The van der Waals surface area contributed by atoms with Crippen molar-refractivity contribution in [2.45, 2.75) is 89.3 Å². The second kappa shape index (κ2) is 7.49. The third kappa shape index (κ3) is 3.96. The summed E-state index contributed by atoms with van der Waals surface area (Å²) in [6, 6.07) is 2.52. The van der Waals surface area contributed by atoms with Gasteiger partial charge in [0.15, 0.2) is 0 Å². The molecule has 0 amide bonds. The lowest BCUT2D eigenvalue weighted by Crippen LogP contribution is -2.40. The highest BCUT2D eigenvalue weighted by Gasteiger charge is 2.30. The predicted molar refractivity (Wildman–Crippen MR) is 79.0 cm³/mol. The van der Waals surface area contributed by atoms with E-state index in [0.29, 0.717) is 0 Å². The third-order valence-corrected chi connectivity index (χ3v) is 5.06. The molecule has 0 aromatic carbocycles. The first-order valence-electron chi connectivity index (χ1n) is 8.26. The summed E-state index contributed by atoms with van der Waals surface area (Å²) in [6.45, 7) is 3.46. The predicted octanol–water partition coefficient (Wildman–Crippen LogP) is 3.56. The smallest absolute Gasteiger partial charge is 0.0110 e. The van der Waals surface area contributed by atoms with Crippen LogP contribution in [-0.2, 0) is 0 Å². The molecule has 0 spiro atoms. The fourth-order valence-corrected chi connectivity index (χ4v) is 3.82. The van der Waals surface area contributed by atoms with Crippen LogP contribution in [0.5, 0.6) is 0 Å². The molecule has 2 rings (SSSR count).